The molecule has 1 aromatic heterocycles. The number of anilines is 1. The van der Waals surface area contributed by atoms with Crippen molar-refractivity contribution in [3.63, 3.8) is 0 Å². The van der Waals surface area contributed by atoms with Crippen LogP contribution in [-0.2, 0) is 13.2 Å². The van der Waals surface area contributed by atoms with Crippen molar-refractivity contribution in [2.75, 3.05) is 39.2 Å². The molecule has 0 saturated heterocycles. The zero-order valence-electron chi connectivity index (χ0n) is 21.7. The molecule has 0 amide bonds. The van der Waals surface area contributed by atoms with E-state index in [0.29, 0.717) is 17.7 Å². The van der Waals surface area contributed by atoms with E-state index in [-0.39, 0.29) is 5.78 Å². The Kier molecular flexibility index (Phi) is 8.28. The van der Waals surface area contributed by atoms with Gasteiger partial charge >= 0.3 is 0 Å². The van der Waals surface area contributed by atoms with Crippen LogP contribution >= 0.6 is 11.3 Å². The minimum Gasteiger partial charge on any atom is -0.496 e. The van der Waals surface area contributed by atoms with Crippen LogP contribution in [0, 0.1) is 0 Å². The van der Waals surface area contributed by atoms with Gasteiger partial charge in [0.1, 0.15) is 23.1 Å². The topological polar surface area (TPSA) is 42.0 Å². The van der Waals surface area contributed by atoms with E-state index in [1.54, 1.807) is 18.4 Å². The monoisotopic (exact) mass is 502 g/mol. The van der Waals surface area contributed by atoms with Gasteiger partial charge in [-0.1, -0.05) is 56.3 Å². The summed E-state index contributed by atoms with van der Waals surface area (Å²) >= 11 is 1.61. The molecule has 4 aromatic rings. The van der Waals surface area contributed by atoms with Crippen molar-refractivity contribution in [3.8, 4) is 11.5 Å². The number of thiophene rings is 1. The molecule has 188 valence electrons. The molecule has 4 rings (SSSR count). The molecular weight excluding hydrogens is 468 g/mol. The van der Waals surface area contributed by atoms with Gasteiger partial charge in [-0.05, 0) is 42.9 Å². The molecule has 6 heteroatoms. The number of nitrogens with zero attached hydrogens (tertiary/aromatic N) is 2. The number of rotatable bonds is 11. The van der Waals surface area contributed by atoms with Gasteiger partial charge in [0.15, 0.2) is 5.78 Å². The fourth-order valence-corrected chi connectivity index (χ4v) is 5.43. The van der Waals surface area contributed by atoms with Crippen LogP contribution in [0.5, 0.6) is 11.5 Å². The Bertz CT molecular complexity index is 1330. The summed E-state index contributed by atoms with van der Waals surface area (Å²) in [5.74, 6) is 1.53. The Hall–Kier alpha value is -3.35. The van der Waals surface area contributed by atoms with Crippen LogP contribution in [0.1, 0.15) is 40.9 Å². The lowest BCUT2D eigenvalue weighted by atomic mass is 9.99. The van der Waals surface area contributed by atoms with E-state index in [2.05, 4.69) is 18.7 Å². The van der Waals surface area contributed by atoms with Crippen LogP contribution in [-0.4, -0.2) is 45.0 Å². The van der Waals surface area contributed by atoms with Crippen LogP contribution in [0.4, 0.5) is 5.00 Å². The van der Waals surface area contributed by atoms with Gasteiger partial charge in [-0.25, -0.2) is 0 Å². The van der Waals surface area contributed by atoms with Crippen molar-refractivity contribution in [1.29, 1.82) is 0 Å². The van der Waals surface area contributed by atoms with Crippen molar-refractivity contribution in [3.05, 3.63) is 89.0 Å². The Labute approximate surface area is 217 Å². The van der Waals surface area contributed by atoms with Crippen LogP contribution in [0.3, 0.4) is 0 Å². The molecule has 0 unspecified atom stereocenters. The molecule has 1 heterocycles. The van der Waals surface area contributed by atoms with Crippen molar-refractivity contribution in [1.82, 2.24) is 4.90 Å². The van der Waals surface area contributed by atoms with Crippen molar-refractivity contribution in [2.24, 2.45) is 0 Å². The highest BCUT2D eigenvalue weighted by molar-refractivity contribution is 7.23. The SMILES string of the molecule is CCN(CC)Cc1ccc(C(=O)c2c(N(C)C)sc3cc(OCc4ccccc4)ccc23)cc1OC. The average Bonchev–Trinajstić information content (AvgIpc) is 3.30. The van der Waals surface area contributed by atoms with Gasteiger partial charge in [0, 0.05) is 41.9 Å². The van der Waals surface area contributed by atoms with Gasteiger partial charge in [0.05, 0.1) is 12.7 Å². The van der Waals surface area contributed by atoms with Crippen molar-refractivity contribution in [2.45, 2.75) is 27.0 Å². The number of ketones is 1. The predicted octanol–water partition coefficient (Wildman–Crippen LogP) is 6.63. The smallest absolute Gasteiger partial charge is 0.196 e. The lowest BCUT2D eigenvalue weighted by Gasteiger charge is -2.20. The lowest BCUT2D eigenvalue weighted by molar-refractivity contribution is 0.104. The minimum atomic E-state index is -0.00408. The number of carbonyl (C=O) groups is 1. The molecule has 36 heavy (non-hydrogen) atoms. The summed E-state index contributed by atoms with van der Waals surface area (Å²) < 4.78 is 12.7. The summed E-state index contributed by atoms with van der Waals surface area (Å²) in [6.07, 6.45) is 0. The van der Waals surface area contributed by atoms with Crippen LogP contribution in [0.25, 0.3) is 10.1 Å². The second-order valence-electron chi connectivity index (χ2n) is 8.93. The lowest BCUT2D eigenvalue weighted by Crippen LogP contribution is -2.22. The first-order chi connectivity index (χ1) is 17.4. The third-order valence-electron chi connectivity index (χ3n) is 6.36. The summed E-state index contributed by atoms with van der Waals surface area (Å²) in [6, 6.07) is 21.9. The zero-order valence-corrected chi connectivity index (χ0v) is 22.5. The van der Waals surface area contributed by atoms with E-state index in [1.807, 2.05) is 85.7 Å². The van der Waals surface area contributed by atoms with E-state index >= 15 is 0 Å². The molecule has 0 N–H and O–H groups in total. The maximum absolute atomic E-state index is 13.8. The predicted molar refractivity (Wildman–Crippen MR) is 150 cm³/mol. The standard InChI is InChI=1S/C30H34N2O3S/c1-6-32(7-2)19-23-14-13-22(17-26(23)34-5)29(33)28-25-16-15-24(18-27(25)36-30(28)31(3)4)35-20-21-11-9-8-10-12-21/h8-18H,6-7,19-20H2,1-5H3. The van der Waals surface area contributed by atoms with Gasteiger partial charge in [0.2, 0.25) is 0 Å². The number of hydrogen-bond acceptors (Lipinski definition) is 6. The molecule has 0 aliphatic heterocycles. The maximum Gasteiger partial charge on any atom is 0.196 e. The minimum absolute atomic E-state index is 0.00408. The number of ether oxygens (including phenoxy) is 2. The summed E-state index contributed by atoms with van der Waals surface area (Å²) in [7, 11) is 5.61. The third-order valence-corrected chi connectivity index (χ3v) is 7.68. The van der Waals surface area contributed by atoms with Gasteiger partial charge in [-0.3, -0.25) is 9.69 Å². The summed E-state index contributed by atoms with van der Waals surface area (Å²) in [4.78, 5) is 18.2. The van der Waals surface area contributed by atoms with Gasteiger partial charge in [-0.2, -0.15) is 0 Å². The molecule has 0 aliphatic carbocycles. The highest BCUT2D eigenvalue weighted by Crippen LogP contribution is 2.40. The van der Waals surface area contributed by atoms with E-state index in [1.165, 1.54) is 0 Å². The molecule has 0 saturated carbocycles. The molecule has 0 radical (unpaired) electrons. The first kappa shape index (κ1) is 25.7. The van der Waals surface area contributed by atoms with Gasteiger partial charge < -0.3 is 14.4 Å². The molecule has 0 bridgehead atoms. The fraction of sp³-hybridized carbons (Fsp3) is 0.300. The molecule has 0 atom stereocenters. The number of benzene rings is 3. The van der Waals surface area contributed by atoms with Gasteiger partial charge in [-0.15, -0.1) is 11.3 Å². The Morgan fingerprint density at radius 1 is 0.944 bits per heavy atom. The number of fused-ring (bicyclic) bond motifs is 1. The molecule has 5 nitrogen and oxygen atoms in total. The second kappa shape index (κ2) is 11.6. The average molecular weight is 503 g/mol. The van der Waals surface area contributed by atoms with Crippen molar-refractivity contribution < 1.29 is 14.3 Å². The van der Waals surface area contributed by atoms with Gasteiger partial charge in [0.25, 0.3) is 0 Å². The summed E-state index contributed by atoms with van der Waals surface area (Å²) in [6.45, 7) is 7.52. The second-order valence-corrected chi connectivity index (χ2v) is 9.96. The van der Waals surface area contributed by atoms with Crippen LogP contribution in [0.2, 0.25) is 0 Å². The number of hydrogen-bond donors (Lipinski definition) is 0. The molecule has 0 spiro atoms. The van der Waals surface area contributed by atoms with Crippen LogP contribution < -0.4 is 14.4 Å². The van der Waals surface area contributed by atoms with E-state index in [0.717, 1.165) is 57.3 Å². The normalized spacial score (nSPS) is 11.2. The first-order valence-corrected chi connectivity index (χ1v) is 13.1. The largest absolute Gasteiger partial charge is 0.496 e. The Morgan fingerprint density at radius 2 is 1.69 bits per heavy atom. The summed E-state index contributed by atoms with van der Waals surface area (Å²) in [5.41, 5.74) is 3.54. The Morgan fingerprint density at radius 3 is 2.36 bits per heavy atom. The number of carbonyl (C=O) groups excluding carboxylic acids is 1. The van der Waals surface area contributed by atoms with E-state index in [9.17, 15) is 4.79 Å². The fourth-order valence-electron chi connectivity index (χ4n) is 4.28. The summed E-state index contributed by atoms with van der Waals surface area (Å²) in [5, 5.41) is 1.87. The quantitative estimate of drug-likeness (QED) is 0.215. The molecular formula is C30H34N2O3S. The zero-order chi connectivity index (χ0) is 25.7. The van der Waals surface area contributed by atoms with Crippen molar-refractivity contribution >= 4 is 32.2 Å². The first-order valence-electron chi connectivity index (χ1n) is 12.3. The highest BCUT2D eigenvalue weighted by Gasteiger charge is 2.23. The maximum atomic E-state index is 13.8. The third kappa shape index (κ3) is 5.55. The Balaban J connectivity index is 1.66. The van der Waals surface area contributed by atoms with E-state index < -0.39 is 0 Å². The molecule has 0 fully saturated rings. The van der Waals surface area contributed by atoms with Crippen LogP contribution in [0.15, 0.2) is 66.7 Å². The van der Waals surface area contributed by atoms with E-state index in [4.69, 9.17) is 9.47 Å². The molecule has 3 aromatic carbocycles. The molecule has 0 aliphatic rings. The highest BCUT2D eigenvalue weighted by atomic mass is 32.1. The number of methoxy groups -OCH3 is 1.